The van der Waals surface area contributed by atoms with Crippen molar-refractivity contribution < 1.29 is 47.4 Å². The van der Waals surface area contributed by atoms with Crippen molar-refractivity contribution in [3.8, 4) is 0 Å². The van der Waals surface area contributed by atoms with Crippen LogP contribution in [0.4, 0.5) is 0 Å². The van der Waals surface area contributed by atoms with E-state index in [1.54, 1.807) is 35.3 Å². The predicted molar refractivity (Wildman–Crippen MR) is 194 cm³/mol. The Morgan fingerprint density at radius 1 is 0.511 bits per heavy atom. The molecule has 3 aliphatic rings. The zero-order chi connectivity index (χ0) is 33.2. The third-order valence-electron chi connectivity index (χ3n) is 7.37. The van der Waals surface area contributed by atoms with Gasteiger partial charge in [0.05, 0.1) is 133 Å². The van der Waals surface area contributed by atoms with Crippen molar-refractivity contribution in [1.82, 2.24) is 0 Å². The predicted octanol–water partition coefficient (Wildman–Crippen LogP) is 6.37. The molecule has 0 spiro atoms. The van der Waals surface area contributed by atoms with Gasteiger partial charge in [0.2, 0.25) is 0 Å². The molecule has 2 heterocycles. The van der Waals surface area contributed by atoms with Crippen molar-refractivity contribution in [2.45, 2.75) is 45.8 Å². The molecule has 14 heteroatoms. The topological polar surface area (TPSA) is 92.3 Å². The van der Waals surface area contributed by atoms with E-state index in [1.165, 1.54) is 13.4 Å². The average molecular weight is 741 g/mol. The Hall–Kier alpha value is 0.220. The third kappa shape index (κ3) is 19.4. The molecular formula is C33H56O10S4. The standard InChI is InChI=1S/C33H56O10S4/c1-4-34-5-6-35-7-8-36-11-13-39-17-19-42-30-23-28(3)31(24-27(30)2)43-20-18-40-14-12-37-9-10-38-15-16-41-25-29-26-46-33(47-29)32-44-21-22-45-32/h21-22,26-28,30-31H,4-20,23-25H2,1-3H3/t27-,28-,30?,31?/m1/s1. The summed E-state index contributed by atoms with van der Waals surface area (Å²) < 4.78 is 59.5. The second kappa shape index (κ2) is 27.9. The fraction of sp³-hybridized carbons (Fsp3) is 0.818. The van der Waals surface area contributed by atoms with Gasteiger partial charge in [-0.2, -0.15) is 0 Å². The highest BCUT2D eigenvalue weighted by molar-refractivity contribution is 8.33. The van der Waals surface area contributed by atoms with Crippen molar-refractivity contribution in [1.29, 1.82) is 0 Å². The minimum Gasteiger partial charge on any atom is -0.379 e. The zero-order valence-electron chi connectivity index (χ0n) is 28.4. The molecular weight excluding hydrogens is 685 g/mol. The first-order valence-corrected chi connectivity index (χ1v) is 20.2. The van der Waals surface area contributed by atoms with Gasteiger partial charge in [-0.3, -0.25) is 0 Å². The van der Waals surface area contributed by atoms with E-state index in [0.717, 1.165) is 12.8 Å². The highest BCUT2D eigenvalue weighted by Crippen LogP contribution is 2.53. The normalized spacial score (nSPS) is 22.9. The van der Waals surface area contributed by atoms with Crippen LogP contribution in [0.5, 0.6) is 0 Å². The Balaban J connectivity index is 1.03. The second-order valence-electron chi connectivity index (χ2n) is 11.1. The molecule has 0 aromatic carbocycles. The molecule has 4 atom stereocenters. The highest BCUT2D eigenvalue weighted by Gasteiger charge is 2.33. The number of thioether (sulfide) groups is 4. The van der Waals surface area contributed by atoms with Gasteiger partial charge in [-0.05, 0) is 47.8 Å². The van der Waals surface area contributed by atoms with Gasteiger partial charge in [0, 0.05) is 11.5 Å². The summed E-state index contributed by atoms with van der Waals surface area (Å²) in [5, 5.41) is 6.44. The molecule has 3 rings (SSSR count). The Morgan fingerprint density at radius 3 is 1.36 bits per heavy atom. The summed E-state index contributed by atoms with van der Waals surface area (Å²) in [6.07, 6.45) is 2.46. The first-order valence-electron chi connectivity index (χ1n) is 16.8. The Bertz CT molecular complexity index is 883. The van der Waals surface area contributed by atoms with E-state index in [1.807, 2.05) is 18.7 Å². The largest absolute Gasteiger partial charge is 0.379 e. The van der Waals surface area contributed by atoms with E-state index in [2.05, 4.69) is 30.1 Å². The zero-order valence-corrected chi connectivity index (χ0v) is 31.7. The van der Waals surface area contributed by atoms with Crippen LogP contribution in [0.25, 0.3) is 0 Å². The quantitative estimate of drug-likeness (QED) is 0.0795. The SMILES string of the molecule is CCOCCOCCOCCOCCOC1C[C@@H](C)C(OCCOCCOCCOCCOCC2=CSC(=C3SC=CS3)S2)C[C@H]1C. The van der Waals surface area contributed by atoms with E-state index in [4.69, 9.17) is 47.4 Å². The number of hydrogen-bond acceptors (Lipinski definition) is 14. The van der Waals surface area contributed by atoms with Crippen molar-refractivity contribution in [3.05, 3.63) is 29.6 Å². The summed E-state index contributed by atoms with van der Waals surface area (Å²) in [4.78, 5) is 1.25. The van der Waals surface area contributed by atoms with Crippen molar-refractivity contribution in [2.75, 3.05) is 119 Å². The molecule has 2 aliphatic heterocycles. The maximum absolute atomic E-state index is 6.17. The summed E-state index contributed by atoms with van der Waals surface area (Å²) in [7, 11) is 0. The van der Waals surface area contributed by atoms with Gasteiger partial charge in [0.15, 0.2) is 0 Å². The maximum Gasteiger partial charge on any atom is 0.0785 e. The summed E-state index contributed by atoms with van der Waals surface area (Å²) in [6, 6.07) is 0. The highest BCUT2D eigenvalue weighted by atomic mass is 32.2. The monoisotopic (exact) mass is 740 g/mol. The minimum absolute atomic E-state index is 0.234. The lowest BCUT2D eigenvalue weighted by Gasteiger charge is -2.38. The van der Waals surface area contributed by atoms with E-state index in [-0.39, 0.29) is 12.2 Å². The molecule has 1 saturated carbocycles. The first kappa shape index (κ1) is 41.6. The molecule has 0 N–H and O–H groups in total. The van der Waals surface area contributed by atoms with Crippen molar-refractivity contribution >= 4 is 47.0 Å². The third-order valence-corrected chi connectivity index (χ3v) is 12.4. The van der Waals surface area contributed by atoms with Crippen molar-refractivity contribution in [3.63, 3.8) is 0 Å². The lowest BCUT2D eigenvalue weighted by molar-refractivity contribution is -0.102. The van der Waals surface area contributed by atoms with E-state index < -0.39 is 0 Å². The molecule has 0 radical (unpaired) electrons. The van der Waals surface area contributed by atoms with Crippen LogP contribution >= 0.6 is 47.0 Å². The van der Waals surface area contributed by atoms with E-state index in [0.29, 0.717) is 131 Å². The molecule has 2 unspecified atom stereocenters. The Kier molecular flexibility index (Phi) is 24.7. The van der Waals surface area contributed by atoms with Crippen LogP contribution in [-0.2, 0) is 47.4 Å². The molecule has 1 fully saturated rings. The second-order valence-corrected chi connectivity index (χ2v) is 15.4. The van der Waals surface area contributed by atoms with Crippen molar-refractivity contribution in [2.24, 2.45) is 11.8 Å². The number of rotatable bonds is 29. The summed E-state index contributed by atoms with van der Waals surface area (Å²) in [6.45, 7) is 17.0. The maximum atomic E-state index is 6.17. The summed E-state index contributed by atoms with van der Waals surface area (Å²) >= 11 is 7.17. The average Bonchev–Trinajstić information content (AvgIpc) is 3.78. The minimum atomic E-state index is 0.234. The molecule has 0 saturated heterocycles. The Labute approximate surface area is 299 Å². The number of hydrogen-bond donors (Lipinski definition) is 0. The van der Waals surface area contributed by atoms with Gasteiger partial charge in [-0.15, -0.1) is 0 Å². The van der Waals surface area contributed by atoms with Gasteiger partial charge >= 0.3 is 0 Å². The fourth-order valence-corrected chi connectivity index (χ4v) is 9.28. The number of ether oxygens (including phenoxy) is 10. The van der Waals surface area contributed by atoms with Gasteiger partial charge < -0.3 is 47.4 Å². The molecule has 1 aliphatic carbocycles. The van der Waals surface area contributed by atoms with Gasteiger partial charge in [-0.1, -0.05) is 60.9 Å². The molecule has 47 heavy (non-hydrogen) atoms. The fourth-order valence-electron chi connectivity index (χ4n) is 4.86. The van der Waals surface area contributed by atoms with Crippen LogP contribution < -0.4 is 0 Å². The Morgan fingerprint density at radius 2 is 0.915 bits per heavy atom. The molecule has 0 amide bonds. The molecule has 0 aromatic heterocycles. The van der Waals surface area contributed by atoms with Crippen LogP contribution in [0.3, 0.4) is 0 Å². The van der Waals surface area contributed by atoms with Gasteiger partial charge in [-0.25, -0.2) is 0 Å². The summed E-state index contributed by atoms with van der Waals surface area (Å²) in [5.74, 6) is 0.882. The summed E-state index contributed by atoms with van der Waals surface area (Å²) in [5.41, 5.74) is 0. The van der Waals surface area contributed by atoms with Crippen LogP contribution in [-0.4, -0.2) is 131 Å². The first-order chi connectivity index (χ1) is 23.2. The van der Waals surface area contributed by atoms with Crippen LogP contribution in [0, 0.1) is 11.8 Å². The molecule has 0 bridgehead atoms. The lowest BCUT2D eigenvalue weighted by Crippen LogP contribution is -2.40. The molecule has 10 nitrogen and oxygen atoms in total. The van der Waals surface area contributed by atoms with Gasteiger partial charge in [0.25, 0.3) is 0 Å². The van der Waals surface area contributed by atoms with Gasteiger partial charge in [0.1, 0.15) is 0 Å². The van der Waals surface area contributed by atoms with Crippen LogP contribution in [0.2, 0.25) is 0 Å². The van der Waals surface area contributed by atoms with E-state index >= 15 is 0 Å². The molecule has 272 valence electrons. The van der Waals surface area contributed by atoms with E-state index in [9.17, 15) is 0 Å². The lowest BCUT2D eigenvalue weighted by atomic mass is 9.79. The van der Waals surface area contributed by atoms with Crippen LogP contribution in [0.15, 0.2) is 29.6 Å². The smallest absolute Gasteiger partial charge is 0.0785 e. The molecule has 0 aromatic rings. The van der Waals surface area contributed by atoms with Crippen LogP contribution in [0.1, 0.15) is 33.6 Å².